The molecule has 0 bridgehead atoms. The Balaban J connectivity index is 1.95. The van der Waals surface area contributed by atoms with Crippen LogP contribution in [0.3, 0.4) is 0 Å². The summed E-state index contributed by atoms with van der Waals surface area (Å²) in [7, 11) is -2.29. The minimum atomic E-state index is -4.65. The van der Waals surface area contributed by atoms with Crippen molar-refractivity contribution in [3.05, 3.63) is 52.5 Å². The molecule has 0 saturated carbocycles. The number of nitrogens with zero attached hydrogens (tertiary/aromatic N) is 5. The van der Waals surface area contributed by atoms with E-state index in [0.717, 1.165) is 12.3 Å². The van der Waals surface area contributed by atoms with Crippen LogP contribution < -0.4 is 0 Å². The van der Waals surface area contributed by atoms with E-state index >= 15 is 0 Å². The molecule has 0 aliphatic rings. The molecule has 33 heavy (non-hydrogen) atoms. The summed E-state index contributed by atoms with van der Waals surface area (Å²) in [6.07, 6.45) is -0.881. The summed E-state index contributed by atoms with van der Waals surface area (Å²) in [6, 6.07) is 3.63. The van der Waals surface area contributed by atoms with Crippen molar-refractivity contribution in [2.75, 3.05) is 5.75 Å². The van der Waals surface area contributed by atoms with Gasteiger partial charge in [-0.15, -0.1) is 0 Å². The molecule has 13 heteroatoms. The third kappa shape index (κ3) is 4.28. The summed E-state index contributed by atoms with van der Waals surface area (Å²) < 4.78 is 66.5. The molecule has 0 saturated heterocycles. The number of imidazole rings is 1. The molecule has 0 atom stereocenters. The van der Waals surface area contributed by atoms with Gasteiger partial charge in [-0.2, -0.15) is 13.2 Å². The quantitative estimate of drug-likeness (QED) is 0.370. The van der Waals surface area contributed by atoms with Gasteiger partial charge in [0.05, 0.1) is 43.6 Å². The standard InChI is InChI=1S/C20H14Cl2F3N5O2S/c1-3-33(31,32)15-4-10(17-12(22)5-11(21)8-28-17)7-27-18(15)19-29-13-6-16(20(23,24)25)26-9-14(13)30(19)2/h4-9H,3H2,1-2H3. The molecule has 0 amide bonds. The van der Waals surface area contributed by atoms with E-state index in [1.807, 2.05) is 0 Å². The van der Waals surface area contributed by atoms with Crippen molar-refractivity contribution in [2.45, 2.75) is 18.0 Å². The lowest BCUT2D eigenvalue weighted by molar-refractivity contribution is -0.141. The third-order valence-electron chi connectivity index (χ3n) is 4.92. The summed E-state index contributed by atoms with van der Waals surface area (Å²) in [4.78, 5) is 16.0. The predicted molar refractivity (Wildman–Crippen MR) is 118 cm³/mol. The van der Waals surface area contributed by atoms with Crippen LogP contribution in [0.25, 0.3) is 33.8 Å². The lowest BCUT2D eigenvalue weighted by Gasteiger charge is -2.11. The Bertz CT molecular complexity index is 1500. The van der Waals surface area contributed by atoms with Crippen molar-refractivity contribution < 1.29 is 21.6 Å². The number of hydrogen-bond acceptors (Lipinski definition) is 6. The monoisotopic (exact) mass is 515 g/mol. The van der Waals surface area contributed by atoms with Gasteiger partial charge >= 0.3 is 6.18 Å². The van der Waals surface area contributed by atoms with E-state index in [-0.39, 0.29) is 43.9 Å². The molecule has 0 unspecified atom stereocenters. The topological polar surface area (TPSA) is 90.6 Å². The highest BCUT2D eigenvalue weighted by atomic mass is 35.5. The number of halogens is 5. The Labute approximate surface area is 196 Å². The first-order valence-corrected chi connectivity index (χ1v) is 11.8. The molecule has 0 fully saturated rings. The average molecular weight is 516 g/mol. The Morgan fingerprint density at radius 3 is 2.33 bits per heavy atom. The second-order valence-corrected chi connectivity index (χ2v) is 10.1. The van der Waals surface area contributed by atoms with Crippen molar-refractivity contribution >= 4 is 44.1 Å². The van der Waals surface area contributed by atoms with E-state index in [1.165, 1.54) is 43.1 Å². The Hall–Kier alpha value is -2.76. The molecule has 4 heterocycles. The second-order valence-electron chi connectivity index (χ2n) is 7.01. The van der Waals surface area contributed by atoms with Gasteiger partial charge in [0.1, 0.15) is 11.4 Å². The van der Waals surface area contributed by atoms with Crippen LogP contribution in [0.2, 0.25) is 10.0 Å². The van der Waals surface area contributed by atoms with Gasteiger partial charge < -0.3 is 4.57 Å². The van der Waals surface area contributed by atoms with Crippen LogP contribution in [0, 0.1) is 0 Å². The van der Waals surface area contributed by atoms with E-state index in [0.29, 0.717) is 10.6 Å². The molecule has 0 aliphatic heterocycles. The van der Waals surface area contributed by atoms with Crippen molar-refractivity contribution in [1.29, 1.82) is 0 Å². The maximum absolute atomic E-state index is 13.1. The van der Waals surface area contributed by atoms with E-state index < -0.39 is 21.7 Å². The van der Waals surface area contributed by atoms with Gasteiger partial charge in [0, 0.05) is 25.0 Å². The number of fused-ring (bicyclic) bond motifs is 1. The van der Waals surface area contributed by atoms with E-state index in [1.54, 1.807) is 0 Å². The van der Waals surface area contributed by atoms with Crippen molar-refractivity contribution in [1.82, 2.24) is 24.5 Å². The summed E-state index contributed by atoms with van der Waals surface area (Å²) in [5, 5.41) is 0.506. The SMILES string of the molecule is CCS(=O)(=O)c1cc(-c2ncc(Cl)cc2Cl)cnc1-c1nc2cc(C(F)(F)F)ncc2n1C. The van der Waals surface area contributed by atoms with Gasteiger partial charge in [-0.3, -0.25) is 9.97 Å². The highest BCUT2D eigenvalue weighted by Gasteiger charge is 2.33. The molecule has 7 nitrogen and oxygen atoms in total. The molecular formula is C20H14Cl2F3N5O2S. The molecule has 0 spiro atoms. The number of rotatable bonds is 4. The number of aryl methyl sites for hydroxylation is 1. The Morgan fingerprint density at radius 1 is 1.00 bits per heavy atom. The van der Waals surface area contributed by atoms with Crippen LogP contribution >= 0.6 is 23.2 Å². The highest BCUT2D eigenvalue weighted by Crippen LogP contribution is 2.35. The second kappa shape index (κ2) is 8.23. The smallest absolute Gasteiger partial charge is 0.324 e. The first-order valence-electron chi connectivity index (χ1n) is 9.36. The molecule has 4 aromatic heterocycles. The Morgan fingerprint density at radius 2 is 1.70 bits per heavy atom. The Kier molecular flexibility index (Phi) is 5.83. The van der Waals surface area contributed by atoms with Gasteiger partial charge in [-0.05, 0) is 18.2 Å². The highest BCUT2D eigenvalue weighted by molar-refractivity contribution is 7.91. The lowest BCUT2D eigenvalue weighted by atomic mass is 10.1. The van der Waals surface area contributed by atoms with Crippen LogP contribution in [0.4, 0.5) is 13.2 Å². The van der Waals surface area contributed by atoms with Crippen LogP contribution in [-0.2, 0) is 23.1 Å². The third-order valence-corrected chi connectivity index (χ3v) is 7.15. The largest absolute Gasteiger partial charge is 0.433 e. The fourth-order valence-electron chi connectivity index (χ4n) is 3.22. The summed E-state index contributed by atoms with van der Waals surface area (Å²) >= 11 is 12.1. The van der Waals surface area contributed by atoms with Gasteiger partial charge in [0.25, 0.3) is 0 Å². The first-order chi connectivity index (χ1) is 15.4. The molecule has 0 aromatic carbocycles. The van der Waals surface area contributed by atoms with Gasteiger partial charge in [0.2, 0.25) is 0 Å². The van der Waals surface area contributed by atoms with Crippen LogP contribution in [0.5, 0.6) is 0 Å². The molecule has 4 aromatic rings. The van der Waals surface area contributed by atoms with E-state index in [2.05, 4.69) is 19.9 Å². The molecule has 4 rings (SSSR count). The average Bonchev–Trinajstić information content (AvgIpc) is 3.08. The van der Waals surface area contributed by atoms with Crippen molar-refractivity contribution in [3.63, 3.8) is 0 Å². The van der Waals surface area contributed by atoms with Crippen LogP contribution in [0.1, 0.15) is 12.6 Å². The van der Waals surface area contributed by atoms with E-state index in [9.17, 15) is 21.6 Å². The summed E-state index contributed by atoms with van der Waals surface area (Å²) in [5.41, 5.74) is -0.233. The summed E-state index contributed by atoms with van der Waals surface area (Å²) in [6.45, 7) is 1.47. The van der Waals surface area contributed by atoms with Crippen molar-refractivity contribution in [3.8, 4) is 22.8 Å². The maximum Gasteiger partial charge on any atom is 0.433 e. The van der Waals surface area contributed by atoms with Gasteiger partial charge in [0.15, 0.2) is 15.7 Å². The number of alkyl halides is 3. The first kappa shape index (κ1) is 23.4. The van der Waals surface area contributed by atoms with E-state index in [4.69, 9.17) is 23.2 Å². The fourth-order valence-corrected chi connectivity index (χ4v) is 4.76. The van der Waals surface area contributed by atoms with Gasteiger partial charge in [-0.1, -0.05) is 30.1 Å². The number of aromatic nitrogens is 5. The minimum absolute atomic E-state index is 0.00274. The molecule has 0 aliphatic carbocycles. The fraction of sp³-hybridized carbons (Fsp3) is 0.200. The number of sulfone groups is 1. The normalized spacial score (nSPS) is 12.5. The van der Waals surface area contributed by atoms with Crippen molar-refractivity contribution in [2.24, 2.45) is 7.05 Å². The molecule has 0 radical (unpaired) electrons. The lowest BCUT2D eigenvalue weighted by Crippen LogP contribution is -2.09. The van der Waals surface area contributed by atoms with Crippen LogP contribution in [-0.4, -0.2) is 38.7 Å². The zero-order valence-electron chi connectivity index (χ0n) is 17.0. The zero-order chi connectivity index (χ0) is 24.1. The predicted octanol–water partition coefficient (Wildman–Crippen LogP) is 5.21. The molecule has 0 N–H and O–H groups in total. The zero-order valence-corrected chi connectivity index (χ0v) is 19.4. The van der Waals surface area contributed by atoms with Crippen LogP contribution in [0.15, 0.2) is 41.7 Å². The number of pyridine rings is 3. The number of hydrogen-bond donors (Lipinski definition) is 0. The maximum atomic E-state index is 13.1. The summed E-state index contributed by atoms with van der Waals surface area (Å²) in [5.74, 6) is -0.170. The molecule has 172 valence electrons. The van der Waals surface area contributed by atoms with Gasteiger partial charge in [-0.25, -0.2) is 18.4 Å². The molecular weight excluding hydrogens is 502 g/mol. The minimum Gasteiger partial charge on any atom is -0.324 e.